The number of pyridine rings is 1. The average Bonchev–Trinajstić information content (AvgIpc) is 2.68. The Hall–Kier alpha value is -3.18. The van der Waals surface area contributed by atoms with Crippen LogP contribution in [0.15, 0.2) is 57.7 Å². The van der Waals surface area contributed by atoms with Gasteiger partial charge in [-0.15, -0.1) is 0 Å². The molecule has 0 aliphatic heterocycles. The van der Waals surface area contributed by atoms with Gasteiger partial charge in [-0.3, -0.25) is 9.59 Å². The highest BCUT2D eigenvalue weighted by Gasteiger charge is 2.16. The standard InChI is InChI=1S/C22H17ClN2O3/c1-12-3-5-14(6-4-12)11-24-21(27)16-10-18-20(26)17-9-15(23)7-8-19(17)28-22(18)25-13(16)2/h3-10H,11H2,1-2H3,(H,24,27). The summed E-state index contributed by atoms with van der Waals surface area (Å²) in [5, 5.41) is 3.92. The molecular formula is C22H17ClN2O3. The topological polar surface area (TPSA) is 72.2 Å². The number of aryl methyl sites for hydroxylation is 2. The van der Waals surface area contributed by atoms with E-state index in [0.717, 1.165) is 11.1 Å². The molecule has 0 spiro atoms. The monoisotopic (exact) mass is 392 g/mol. The Morgan fingerprint density at radius 2 is 1.82 bits per heavy atom. The summed E-state index contributed by atoms with van der Waals surface area (Å²) in [6, 6.07) is 14.3. The highest BCUT2D eigenvalue weighted by Crippen LogP contribution is 2.22. The Bertz CT molecular complexity index is 1280. The molecule has 0 atom stereocenters. The van der Waals surface area contributed by atoms with Gasteiger partial charge in [0, 0.05) is 11.6 Å². The maximum absolute atomic E-state index is 12.8. The molecule has 2 aromatic heterocycles. The van der Waals surface area contributed by atoms with Crippen LogP contribution in [0, 0.1) is 13.8 Å². The second kappa shape index (κ2) is 7.09. The summed E-state index contributed by atoms with van der Waals surface area (Å²) in [4.78, 5) is 29.9. The summed E-state index contributed by atoms with van der Waals surface area (Å²) in [5.41, 5.74) is 3.32. The summed E-state index contributed by atoms with van der Waals surface area (Å²) >= 11 is 6.00. The van der Waals surface area contributed by atoms with Crippen molar-refractivity contribution in [3.63, 3.8) is 0 Å². The second-order valence-corrected chi connectivity index (χ2v) is 7.15. The number of rotatable bonds is 3. The number of nitrogens with one attached hydrogen (secondary N) is 1. The zero-order chi connectivity index (χ0) is 19.8. The molecular weight excluding hydrogens is 376 g/mol. The minimum Gasteiger partial charge on any atom is -0.437 e. The molecule has 6 heteroatoms. The van der Waals surface area contributed by atoms with E-state index in [1.165, 1.54) is 6.07 Å². The molecule has 0 fully saturated rings. The third-order valence-corrected chi connectivity index (χ3v) is 4.87. The van der Waals surface area contributed by atoms with E-state index in [9.17, 15) is 9.59 Å². The van der Waals surface area contributed by atoms with Gasteiger partial charge in [0.1, 0.15) is 5.58 Å². The fraction of sp³-hybridized carbons (Fsp3) is 0.136. The van der Waals surface area contributed by atoms with Crippen molar-refractivity contribution in [1.29, 1.82) is 0 Å². The van der Waals surface area contributed by atoms with Crippen LogP contribution < -0.4 is 10.7 Å². The van der Waals surface area contributed by atoms with Crippen molar-refractivity contribution in [1.82, 2.24) is 10.3 Å². The lowest BCUT2D eigenvalue weighted by Crippen LogP contribution is -2.24. The number of nitrogens with zero attached hydrogens (tertiary/aromatic N) is 1. The van der Waals surface area contributed by atoms with Gasteiger partial charge in [0.15, 0.2) is 0 Å². The van der Waals surface area contributed by atoms with E-state index in [2.05, 4.69) is 10.3 Å². The molecule has 4 rings (SSSR count). The lowest BCUT2D eigenvalue weighted by molar-refractivity contribution is 0.0950. The molecule has 0 unspecified atom stereocenters. The lowest BCUT2D eigenvalue weighted by atomic mass is 10.1. The third-order valence-electron chi connectivity index (χ3n) is 4.63. The molecule has 2 heterocycles. The van der Waals surface area contributed by atoms with Crippen LogP contribution in [-0.4, -0.2) is 10.9 Å². The minimum absolute atomic E-state index is 0.201. The van der Waals surface area contributed by atoms with Crippen LogP contribution in [-0.2, 0) is 6.54 Å². The number of fused-ring (bicyclic) bond motifs is 2. The summed E-state index contributed by atoms with van der Waals surface area (Å²) in [6.07, 6.45) is 0. The van der Waals surface area contributed by atoms with Gasteiger partial charge in [0.2, 0.25) is 11.1 Å². The van der Waals surface area contributed by atoms with Crippen LogP contribution in [0.2, 0.25) is 5.02 Å². The van der Waals surface area contributed by atoms with Gasteiger partial charge >= 0.3 is 0 Å². The molecule has 2 aromatic carbocycles. The summed E-state index contributed by atoms with van der Waals surface area (Å²) in [7, 11) is 0. The Kier molecular flexibility index (Phi) is 4.61. The first-order valence-corrected chi connectivity index (χ1v) is 9.17. The Labute approximate surface area is 166 Å². The molecule has 28 heavy (non-hydrogen) atoms. The van der Waals surface area contributed by atoms with E-state index in [1.54, 1.807) is 25.1 Å². The van der Waals surface area contributed by atoms with Gasteiger partial charge in [-0.25, -0.2) is 4.98 Å². The van der Waals surface area contributed by atoms with Crippen LogP contribution in [0.25, 0.3) is 22.1 Å². The van der Waals surface area contributed by atoms with E-state index in [1.807, 2.05) is 31.2 Å². The first-order valence-electron chi connectivity index (χ1n) is 8.80. The molecule has 0 radical (unpaired) electrons. The van der Waals surface area contributed by atoms with Crippen molar-refractivity contribution in [2.75, 3.05) is 0 Å². The summed E-state index contributed by atoms with van der Waals surface area (Å²) < 4.78 is 5.74. The minimum atomic E-state index is -0.293. The predicted octanol–water partition coefficient (Wildman–Crippen LogP) is 4.54. The van der Waals surface area contributed by atoms with Gasteiger partial charge in [-0.2, -0.15) is 0 Å². The van der Waals surface area contributed by atoms with E-state index < -0.39 is 0 Å². The number of carbonyl (C=O) groups is 1. The van der Waals surface area contributed by atoms with Crippen molar-refractivity contribution in [3.8, 4) is 0 Å². The number of carbonyl (C=O) groups excluding carboxylic acids is 1. The van der Waals surface area contributed by atoms with Crippen molar-refractivity contribution in [3.05, 3.63) is 86.2 Å². The maximum atomic E-state index is 12.8. The maximum Gasteiger partial charge on any atom is 0.253 e. The van der Waals surface area contributed by atoms with E-state index in [-0.39, 0.29) is 22.4 Å². The molecule has 5 nitrogen and oxygen atoms in total. The molecule has 0 aliphatic rings. The first kappa shape index (κ1) is 18.2. The smallest absolute Gasteiger partial charge is 0.253 e. The molecule has 140 valence electrons. The predicted molar refractivity (Wildman–Crippen MR) is 110 cm³/mol. The fourth-order valence-corrected chi connectivity index (χ4v) is 3.23. The van der Waals surface area contributed by atoms with E-state index in [4.69, 9.17) is 16.0 Å². The SMILES string of the molecule is Cc1ccc(CNC(=O)c2cc3c(=O)c4cc(Cl)ccc4oc3nc2C)cc1. The number of halogens is 1. The zero-order valence-corrected chi connectivity index (χ0v) is 16.1. The van der Waals surface area contributed by atoms with Crippen molar-refractivity contribution in [2.45, 2.75) is 20.4 Å². The Morgan fingerprint density at radius 3 is 2.57 bits per heavy atom. The molecule has 1 amide bonds. The fourth-order valence-electron chi connectivity index (χ4n) is 3.05. The molecule has 0 bridgehead atoms. The highest BCUT2D eigenvalue weighted by molar-refractivity contribution is 6.31. The van der Waals surface area contributed by atoms with Gasteiger partial charge in [0.05, 0.1) is 22.0 Å². The van der Waals surface area contributed by atoms with Crippen LogP contribution in [0.4, 0.5) is 0 Å². The third kappa shape index (κ3) is 3.37. The van der Waals surface area contributed by atoms with Gasteiger partial charge in [-0.1, -0.05) is 41.4 Å². The van der Waals surface area contributed by atoms with E-state index in [0.29, 0.717) is 33.8 Å². The second-order valence-electron chi connectivity index (χ2n) is 6.71. The van der Waals surface area contributed by atoms with Gasteiger partial charge < -0.3 is 9.73 Å². The number of benzene rings is 2. The Balaban J connectivity index is 1.72. The van der Waals surface area contributed by atoms with Crippen LogP contribution in [0.1, 0.15) is 27.2 Å². The van der Waals surface area contributed by atoms with Crippen molar-refractivity contribution in [2.24, 2.45) is 0 Å². The average molecular weight is 393 g/mol. The number of hydrogen-bond acceptors (Lipinski definition) is 4. The lowest BCUT2D eigenvalue weighted by Gasteiger charge is -2.09. The van der Waals surface area contributed by atoms with Gasteiger partial charge in [-0.05, 0) is 43.7 Å². The molecule has 0 saturated carbocycles. The number of hydrogen-bond donors (Lipinski definition) is 1. The summed E-state index contributed by atoms with van der Waals surface area (Å²) in [6.45, 7) is 4.11. The molecule has 0 saturated heterocycles. The quantitative estimate of drug-likeness (QED) is 0.519. The Morgan fingerprint density at radius 1 is 1.07 bits per heavy atom. The summed E-state index contributed by atoms with van der Waals surface area (Å²) in [5.74, 6) is -0.293. The van der Waals surface area contributed by atoms with Crippen molar-refractivity contribution >= 4 is 39.6 Å². The highest BCUT2D eigenvalue weighted by atomic mass is 35.5. The van der Waals surface area contributed by atoms with Crippen LogP contribution in [0.3, 0.4) is 0 Å². The number of aromatic nitrogens is 1. The molecule has 1 N–H and O–H groups in total. The largest absolute Gasteiger partial charge is 0.437 e. The molecule has 0 aliphatic carbocycles. The molecule has 4 aromatic rings. The normalized spacial score (nSPS) is 11.1. The number of amides is 1. The van der Waals surface area contributed by atoms with Crippen molar-refractivity contribution < 1.29 is 9.21 Å². The first-order chi connectivity index (χ1) is 13.4. The van der Waals surface area contributed by atoms with Crippen LogP contribution in [0.5, 0.6) is 0 Å². The zero-order valence-electron chi connectivity index (χ0n) is 15.4. The van der Waals surface area contributed by atoms with Crippen LogP contribution >= 0.6 is 11.6 Å². The van der Waals surface area contributed by atoms with Gasteiger partial charge in [0.25, 0.3) is 5.91 Å². The van der Waals surface area contributed by atoms with E-state index >= 15 is 0 Å².